The third-order valence-corrected chi connectivity index (χ3v) is 7.51. The molecule has 192 valence electrons. The van der Waals surface area contributed by atoms with Gasteiger partial charge >= 0.3 is 5.97 Å². The zero-order chi connectivity index (χ0) is 26.2. The van der Waals surface area contributed by atoms with Crippen molar-refractivity contribution in [1.82, 2.24) is 15.0 Å². The zero-order valence-corrected chi connectivity index (χ0v) is 21.5. The molecule has 1 unspecified atom stereocenters. The van der Waals surface area contributed by atoms with Crippen molar-refractivity contribution in [3.8, 4) is 34.7 Å². The van der Waals surface area contributed by atoms with Gasteiger partial charge in [-0.05, 0) is 94.8 Å². The molecule has 8 nitrogen and oxygen atoms in total. The second kappa shape index (κ2) is 9.98. The van der Waals surface area contributed by atoms with Crippen LogP contribution < -0.4 is 4.74 Å². The van der Waals surface area contributed by atoms with Crippen LogP contribution in [0.3, 0.4) is 0 Å². The average Bonchev–Trinajstić information content (AvgIpc) is 3.30. The molecular weight excluding hydrogens is 468 g/mol. The standard InChI is InChI=1S/C29H32N4O4/c1-18(2)36-25-10-8-20(15-21(25)16-30)27-31-26(32-37-27)24-6-4-5-22-19(7-9-23(22)24)11-14-33(3)17-29(12-13-29)28(34)35/h4-6,8,10,15,18-19H,7,9,11-14,17H2,1-3H3,(H,34,35). The van der Waals surface area contributed by atoms with E-state index >= 15 is 0 Å². The van der Waals surface area contributed by atoms with Crippen molar-refractivity contribution in [3.05, 3.63) is 53.1 Å². The third-order valence-electron chi connectivity index (χ3n) is 7.51. The number of aromatic nitrogens is 2. The predicted octanol–water partition coefficient (Wildman–Crippen LogP) is 5.28. The van der Waals surface area contributed by atoms with Crippen LogP contribution in [0.2, 0.25) is 0 Å². The van der Waals surface area contributed by atoms with Gasteiger partial charge in [0.25, 0.3) is 5.89 Å². The van der Waals surface area contributed by atoms with Crippen molar-refractivity contribution in [2.24, 2.45) is 5.41 Å². The SMILES string of the molecule is CC(C)Oc1ccc(-c2nc(-c3cccc4c3CCC4CCN(C)CC3(C(=O)O)CC3)no2)cc1C#N. The molecule has 2 aromatic carbocycles. The molecule has 0 amide bonds. The largest absolute Gasteiger partial charge is 0.490 e. The van der Waals surface area contributed by atoms with Crippen molar-refractivity contribution in [2.75, 3.05) is 20.1 Å². The molecule has 0 spiro atoms. The summed E-state index contributed by atoms with van der Waals surface area (Å²) in [6, 6.07) is 13.8. The number of hydrogen-bond acceptors (Lipinski definition) is 7. The monoisotopic (exact) mass is 500 g/mol. The van der Waals surface area contributed by atoms with Crippen molar-refractivity contribution >= 4 is 5.97 Å². The lowest BCUT2D eigenvalue weighted by Gasteiger charge is -2.22. The van der Waals surface area contributed by atoms with Crippen molar-refractivity contribution < 1.29 is 19.2 Å². The van der Waals surface area contributed by atoms with Crippen molar-refractivity contribution in [3.63, 3.8) is 0 Å². The molecule has 3 aromatic rings. The highest BCUT2D eigenvalue weighted by molar-refractivity contribution is 5.78. The Bertz CT molecular complexity index is 1350. The van der Waals surface area contributed by atoms with E-state index in [1.54, 1.807) is 12.1 Å². The van der Waals surface area contributed by atoms with Crippen LogP contribution in [0.25, 0.3) is 22.8 Å². The molecule has 1 atom stereocenters. The molecule has 0 aliphatic heterocycles. The van der Waals surface area contributed by atoms with E-state index in [0.29, 0.717) is 41.1 Å². The number of fused-ring (bicyclic) bond motifs is 1. The van der Waals surface area contributed by atoms with Crippen LogP contribution in [0.5, 0.6) is 5.75 Å². The van der Waals surface area contributed by atoms with E-state index < -0.39 is 11.4 Å². The molecule has 1 N–H and O–H groups in total. The summed E-state index contributed by atoms with van der Waals surface area (Å²) < 4.78 is 11.3. The van der Waals surface area contributed by atoms with Gasteiger partial charge in [0.1, 0.15) is 11.8 Å². The lowest BCUT2D eigenvalue weighted by Crippen LogP contribution is -2.32. The molecule has 0 radical (unpaired) electrons. The van der Waals surface area contributed by atoms with Crippen LogP contribution in [0.15, 0.2) is 40.9 Å². The average molecular weight is 501 g/mol. The van der Waals surface area contributed by atoms with Gasteiger partial charge in [0.15, 0.2) is 0 Å². The Labute approximate surface area is 216 Å². The van der Waals surface area contributed by atoms with E-state index in [-0.39, 0.29) is 6.10 Å². The number of benzene rings is 2. The Hall–Kier alpha value is -3.70. The third kappa shape index (κ3) is 5.09. The Morgan fingerprint density at radius 1 is 1.32 bits per heavy atom. The fraction of sp³-hybridized carbons (Fsp3) is 0.448. The van der Waals surface area contributed by atoms with E-state index in [9.17, 15) is 15.2 Å². The normalized spacial score (nSPS) is 17.6. The van der Waals surface area contributed by atoms with E-state index in [1.165, 1.54) is 11.1 Å². The molecule has 5 rings (SSSR count). The molecule has 2 aliphatic rings. The summed E-state index contributed by atoms with van der Waals surface area (Å²) in [6.45, 7) is 5.32. The zero-order valence-electron chi connectivity index (χ0n) is 21.5. The minimum atomic E-state index is -0.668. The van der Waals surface area contributed by atoms with Crippen LogP contribution in [0.1, 0.15) is 62.1 Å². The number of rotatable bonds is 10. The van der Waals surface area contributed by atoms with Gasteiger partial charge in [-0.1, -0.05) is 23.4 Å². The topological polar surface area (TPSA) is 112 Å². The van der Waals surface area contributed by atoms with E-state index in [1.807, 2.05) is 39.1 Å². The molecule has 37 heavy (non-hydrogen) atoms. The predicted molar refractivity (Wildman–Crippen MR) is 138 cm³/mol. The smallest absolute Gasteiger partial charge is 0.310 e. The number of ether oxygens (including phenoxy) is 1. The number of carboxylic acids is 1. The van der Waals surface area contributed by atoms with Crippen LogP contribution >= 0.6 is 0 Å². The molecule has 8 heteroatoms. The first-order chi connectivity index (χ1) is 17.8. The Morgan fingerprint density at radius 3 is 2.84 bits per heavy atom. The van der Waals surface area contributed by atoms with Crippen LogP contribution in [0, 0.1) is 16.7 Å². The number of nitrogens with zero attached hydrogens (tertiary/aromatic N) is 4. The molecule has 1 fully saturated rings. The van der Waals surface area contributed by atoms with Gasteiger partial charge in [0, 0.05) is 17.7 Å². The molecule has 0 bridgehead atoms. The van der Waals surface area contributed by atoms with Crippen molar-refractivity contribution in [1.29, 1.82) is 5.26 Å². The van der Waals surface area contributed by atoms with Crippen LogP contribution in [-0.2, 0) is 11.2 Å². The summed E-state index contributed by atoms with van der Waals surface area (Å²) in [5, 5.41) is 23.3. The Kier molecular flexibility index (Phi) is 6.74. The minimum absolute atomic E-state index is 0.0306. The maximum atomic E-state index is 11.5. The number of carbonyl (C=O) groups is 1. The highest BCUT2D eigenvalue weighted by Crippen LogP contribution is 2.46. The highest BCUT2D eigenvalue weighted by atomic mass is 16.5. The lowest BCUT2D eigenvalue weighted by atomic mass is 9.95. The summed E-state index contributed by atoms with van der Waals surface area (Å²) in [7, 11) is 2.02. The van der Waals surface area contributed by atoms with Gasteiger partial charge in [-0.25, -0.2) is 0 Å². The minimum Gasteiger partial charge on any atom is -0.490 e. The highest BCUT2D eigenvalue weighted by Gasteiger charge is 2.50. The van der Waals surface area contributed by atoms with Crippen LogP contribution in [-0.4, -0.2) is 52.4 Å². The second-order valence-corrected chi connectivity index (χ2v) is 10.6. The fourth-order valence-electron chi connectivity index (χ4n) is 5.37. The van der Waals surface area contributed by atoms with E-state index in [2.05, 4.69) is 27.2 Å². The van der Waals surface area contributed by atoms with Gasteiger partial charge in [-0.2, -0.15) is 10.2 Å². The molecule has 1 aromatic heterocycles. The lowest BCUT2D eigenvalue weighted by molar-refractivity contribution is -0.144. The summed E-state index contributed by atoms with van der Waals surface area (Å²) in [5.41, 5.74) is 4.13. The number of hydrogen-bond donors (Lipinski definition) is 1. The van der Waals surface area contributed by atoms with Gasteiger partial charge in [-0.15, -0.1) is 0 Å². The van der Waals surface area contributed by atoms with Crippen LogP contribution in [0.4, 0.5) is 0 Å². The first-order valence-corrected chi connectivity index (χ1v) is 12.9. The molecular formula is C29H32N4O4. The summed E-state index contributed by atoms with van der Waals surface area (Å²) in [5.74, 6) is 1.20. The molecule has 0 saturated heterocycles. The molecule has 1 heterocycles. The first kappa shape index (κ1) is 25.0. The number of carboxylic acid groups (broad SMARTS) is 1. The number of nitriles is 1. The summed E-state index contributed by atoms with van der Waals surface area (Å²) in [4.78, 5) is 18.4. The summed E-state index contributed by atoms with van der Waals surface area (Å²) >= 11 is 0. The second-order valence-electron chi connectivity index (χ2n) is 10.6. The quantitative estimate of drug-likeness (QED) is 0.400. The van der Waals surface area contributed by atoms with Gasteiger partial charge in [0.05, 0.1) is 17.1 Å². The van der Waals surface area contributed by atoms with E-state index in [4.69, 9.17) is 9.26 Å². The van der Waals surface area contributed by atoms with Gasteiger partial charge < -0.3 is 19.3 Å². The van der Waals surface area contributed by atoms with Crippen molar-refractivity contribution in [2.45, 2.75) is 58.0 Å². The fourth-order valence-corrected chi connectivity index (χ4v) is 5.37. The summed E-state index contributed by atoms with van der Waals surface area (Å²) in [6.07, 6.45) is 4.52. The Morgan fingerprint density at radius 2 is 2.14 bits per heavy atom. The first-order valence-electron chi connectivity index (χ1n) is 12.9. The maximum Gasteiger partial charge on any atom is 0.310 e. The Balaban J connectivity index is 1.30. The molecule has 1 saturated carbocycles. The van der Waals surface area contributed by atoms with Gasteiger partial charge in [-0.3, -0.25) is 4.79 Å². The maximum absolute atomic E-state index is 11.5. The molecule has 2 aliphatic carbocycles. The van der Waals surface area contributed by atoms with E-state index in [0.717, 1.165) is 44.2 Å². The number of aliphatic carboxylic acids is 1. The van der Waals surface area contributed by atoms with Gasteiger partial charge in [0.2, 0.25) is 5.82 Å².